The molecule has 1 aromatic heterocycles. The summed E-state index contributed by atoms with van der Waals surface area (Å²) in [5.74, 6) is 1.28. The molecule has 0 spiro atoms. The van der Waals surface area contributed by atoms with E-state index in [-0.39, 0.29) is 5.60 Å². The number of hydrogen-bond acceptors (Lipinski definition) is 5. The highest BCUT2D eigenvalue weighted by Crippen LogP contribution is 2.33. The molecule has 1 aliphatic rings. The normalized spacial score (nSPS) is 21.4. The van der Waals surface area contributed by atoms with Crippen LogP contribution < -0.4 is 15.8 Å². The number of pyridine rings is 1. The number of nitrogens with zero attached hydrogens (tertiary/aromatic N) is 1. The minimum atomic E-state index is 0.00775. The van der Waals surface area contributed by atoms with Crippen LogP contribution in [-0.2, 0) is 4.74 Å². The lowest BCUT2D eigenvalue weighted by atomic mass is 9.86. The van der Waals surface area contributed by atoms with Gasteiger partial charge in [0.2, 0.25) is 5.88 Å². The molecule has 2 heterocycles. The Balaban J connectivity index is 2.06. The number of rotatable bonds is 5. The van der Waals surface area contributed by atoms with Crippen molar-refractivity contribution in [3.05, 3.63) is 12.1 Å². The van der Waals surface area contributed by atoms with Gasteiger partial charge >= 0.3 is 0 Å². The summed E-state index contributed by atoms with van der Waals surface area (Å²) in [7, 11) is 1.58. The first-order valence-corrected chi connectivity index (χ1v) is 7.33. The maximum absolute atomic E-state index is 5.99. The lowest BCUT2D eigenvalue weighted by Crippen LogP contribution is -2.43. The Labute approximate surface area is 120 Å². The largest absolute Gasteiger partial charge is 0.479 e. The molecule has 1 fully saturated rings. The van der Waals surface area contributed by atoms with Gasteiger partial charge in [-0.1, -0.05) is 13.8 Å². The molecule has 112 valence electrons. The average Bonchev–Trinajstić information content (AvgIpc) is 2.49. The van der Waals surface area contributed by atoms with Crippen molar-refractivity contribution in [1.29, 1.82) is 0 Å². The number of nitrogen functional groups attached to an aromatic ring is 1. The molecule has 1 aliphatic heterocycles. The van der Waals surface area contributed by atoms with Crippen LogP contribution in [0, 0.1) is 0 Å². The number of anilines is 2. The lowest BCUT2D eigenvalue weighted by Gasteiger charge is -2.40. The van der Waals surface area contributed by atoms with E-state index >= 15 is 0 Å². The van der Waals surface area contributed by atoms with E-state index in [2.05, 4.69) is 24.1 Å². The summed E-state index contributed by atoms with van der Waals surface area (Å²) in [6.45, 7) is 5.18. The van der Waals surface area contributed by atoms with Crippen molar-refractivity contribution < 1.29 is 9.47 Å². The number of ether oxygens (including phenoxy) is 2. The molecule has 0 bridgehead atoms. The Hall–Kier alpha value is -1.49. The molecule has 0 radical (unpaired) electrons. The van der Waals surface area contributed by atoms with Gasteiger partial charge in [-0.2, -0.15) is 4.98 Å². The minimum absolute atomic E-state index is 0.00775. The van der Waals surface area contributed by atoms with E-state index in [1.807, 2.05) is 12.1 Å². The topological polar surface area (TPSA) is 69.4 Å². The number of methoxy groups -OCH3 is 1. The van der Waals surface area contributed by atoms with E-state index in [1.54, 1.807) is 7.11 Å². The molecule has 5 nitrogen and oxygen atoms in total. The zero-order valence-electron chi connectivity index (χ0n) is 12.6. The fraction of sp³-hybridized carbons (Fsp3) is 0.667. The zero-order chi connectivity index (χ0) is 14.6. The number of nitrogens with two attached hydrogens (primary N) is 1. The molecule has 3 N–H and O–H groups in total. The molecular formula is C15H25N3O2. The third-order valence-corrected chi connectivity index (χ3v) is 4.22. The fourth-order valence-electron chi connectivity index (χ4n) is 2.80. The van der Waals surface area contributed by atoms with Gasteiger partial charge in [0, 0.05) is 12.6 Å². The van der Waals surface area contributed by atoms with Crippen molar-refractivity contribution in [2.24, 2.45) is 0 Å². The molecule has 1 saturated heterocycles. The van der Waals surface area contributed by atoms with Crippen LogP contribution in [-0.4, -0.2) is 30.3 Å². The Kier molecular flexibility index (Phi) is 4.70. The van der Waals surface area contributed by atoms with Crippen molar-refractivity contribution in [1.82, 2.24) is 4.98 Å². The molecule has 1 atom stereocenters. The number of hydrogen-bond donors (Lipinski definition) is 2. The second kappa shape index (κ2) is 6.31. The van der Waals surface area contributed by atoms with E-state index in [1.165, 1.54) is 0 Å². The van der Waals surface area contributed by atoms with Gasteiger partial charge in [-0.3, -0.25) is 0 Å². The quantitative estimate of drug-likeness (QED) is 0.867. The summed E-state index contributed by atoms with van der Waals surface area (Å²) in [5.41, 5.74) is 6.35. The Morgan fingerprint density at radius 3 is 2.85 bits per heavy atom. The summed E-state index contributed by atoms with van der Waals surface area (Å²) in [6.07, 6.45) is 4.09. The van der Waals surface area contributed by atoms with Crippen LogP contribution in [0.15, 0.2) is 12.1 Å². The lowest BCUT2D eigenvalue weighted by molar-refractivity contribution is -0.0864. The van der Waals surface area contributed by atoms with Crippen LogP contribution in [0.25, 0.3) is 0 Å². The first-order chi connectivity index (χ1) is 9.62. The van der Waals surface area contributed by atoms with Crippen molar-refractivity contribution in [2.45, 2.75) is 51.2 Å². The van der Waals surface area contributed by atoms with E-state index < -0.39 is 0 Å². The highest BCUT2D eigenvalue weighted by Gasteiger charge is 2.34. The average molecular weight is 279 g/mol. The third kappa shape index (κ3) is 3.15. The predicted octanol–water partition coefficient (Wildman–Crippen LogP) is 2.82. The molecular weight excluding hydrogens is 254 g/mol. The third-order valence-electron chi connectivity index (χ3n) is 4.22. The molecule has 0 amide bonds. The van der Waals surface area contributed by atoms with Crippen LogP contribution in [0.2, 0.25) is 0 Å². The van der Waals surface area contributed by atoms with Crippen LogP contribution in [0.1, 0.15) is 39.5 Å². The standard InChI is InChI=1S/C15H25N3O2/c1-4-15(5-2)10-11(8-9-20-15)17-13-7-6-12(16)14(18-13)19-3/h6-7,11H,4-5,8-10,16H2,1-3H3,(H,17,18). The molecule has 2 rings (SSSR count). The van der Waals surface area contributed by atoms with Crippen LogP contribution in [0.5, 0.6) is 5.88 Å². The minimum Gasteiger partial charge on any atom is -0.479 e. The van der Waals surface area contributed by atoms with Crippen molar-refractivity contribution >= 4 is 11.5 Å². The SMILES string of the molecule is CCC1(CC)CC(Nc2ccc(N)c(OC)n2)CCO1. The van der Waals surface area contributed by atoms with Gasteiger partial charge in [-0.05, 0) is 37.8 Å². The summed E-state index contributed by atoms with van der Waals surface area (Å²) in [4.78, 5) is 4.39. The van der Waals surface area contributed by atoms with Crippen molar-refractivity contribution in [3.8, 4) is 5.88 Å². The van der Waals surface area contributed by atoms with Gasteiger partial charge in [0.05, 0.1) is 18.4 Å². The van der Waals surface area contributed by atoms with Gasteiger partial charge in [0.1, 0.15) is 5.82 Å². The van der Waals surface area contributed by atoms with Crippen LogP contribution in [0.3, 0.4) is 0 Å². The summed E-state index contributed by atoms with van der Waals surface area (Å²) in [5, 5.41) is 3.48. The van der Waals surface area contributed by atoms with Gasteiger partial charge in [0.15, 0.2) is 0 Å². The van der Waals surface area contributed by atoms with E-state index in [0.717, 1.165) is 38.1 Å². The highest BCUT2D eigenvalue weighted by molar-refractivity contribution is 5.53. The molecule has 0 aliphatic carbocycles. The first kappa shape index (κ1) is 14.9. The Morgan fingerprint density at radius 2 is 2.20 bits per heavy atom. The van der Waals surface area contributed by atoms with Crippen LogP contribution >= 0.6 is 0 Å². The Bertz CT molecular complexity index is 447. The van der Waals surface area contributed by atoms with E-state index in [9.17, 15) is 0 Å². The summed E-state index contributed by atoms with van der Waals surface area (Å²) in [6, 6.07) is 4.09. The molecule has 0 aromatic carbocycles. The second-order valence-electron chi connectivity index (χ2n) is 5.37. The summed E-state index contributed by atoms with van der Waals surface area (Å²) >= 11 is 0. The smallest absolute Gasteiger partial charge is 0.238 e. The molecule has 0 saturated carbocycles. The first-order valence-electron chi connectivity index (χ1n) is 7.33. The van der Waals surface area contributed by atoms with Gasteiger partial charge in [-0.25, -0.2) is 0 Å². The molecule has 1 aromatic rings. The molecule has 1 unspecified atom stereocenters. The highest BCUT2D eigenvalue weighted by atomic mass is 16.5. The predicted molar refractivity (Wildman–Crippen MR) is 81.1 cm³/mol. The maximum Gasteiger partial charge on any atom is 0.238 e. The molecule has 5 heteroatoms. The van der Waals surface area contributed by atoms with Crippen molar-refractivity contribution in [3.63, 3.8) is 0 Å². The van der Waals surface area contributed by atoms with E-state index in [0.29, 0.717) is 17.6 Å². The number of aromatic nitrogens is 1. The van der Waals surface area contributed by atoms with Gasteiger partial charge in [0.25, 0.3) is 0 Å². The van der Waals surface area contributed by atoms with E-state index in [4.69, 9.17) is 15.2 Å². The monoisotopic (exact) mass is 279 g/mol. The zero-order valence-corrected chi connectivity index (χ0v) is 12.6. The second-order valence-corrected chi connectivity index (χ2v) is 5.37. The van der Waals surface area contributed by atoms with Gasteiger partial charge < -0.3 is 20.5 Å². The maximum atomic E-state index is 5.99. The fourth-order valence-corrected chi connectivity index (χ4v) is 2.80. The Morgan fingerprint density at radius 1 is 1.45 bits per heavy atom. The van der Waals surface area contributed by atoms with Crippen molar-refractivity contribution in [2.75, 3.05) is 24.8 Å². The molecule has 20 heavy (non-hydrogen) atoms. The number of nitrogens with one attached hydrogen (secondary N) is 1. The van der Waals surface area contributed by atoms with Crippen LogP contribution in [0.4, 0.5) is 11.5 Å². The summed E-state index contributed by atoms with van der Waals surface area (Å²) < 4.78 is 11.1. The van der Waals surface area contributed by atoms with Gasteiger partial charge in [-0.15, -0.1) is 0 Å².